The number of benzene rings is 2. The first kappa shape index (κ1) is 30.7. The highest BCUT2D eigenvalue weighted by Crippen LogP contribution is 2.35. The number of carbonyl (C=O) groups is 3. The maximum Gasteiger partial charge on any atom is 0.330 e. The Hall–Kier alpha value is -4.73. The van der Waals surface area contributed by atoms with Crippen molar-refractivity contribution in [3.8, 4) is 0 Å². The van der Waals surface area contributed by atoms with Gasteiger partial charge in [0.1, 0.15) is 5.82 Å². The molecule has 0 atom stereocenters. The molecule has 1 aliphatic carbocycles. The summed E-state index contributed by atoms with van der Waals surface area (Å²) in [4.78, 5) is 50.9. The number of hydrogen-bond donors (Lipinski definition) is 3. The zero-order valence-corrected chi connectivity index (χ0v) is 25.9. The molecule has 1 aliphatic heterocycles. The fourth-order valence-electron chi connectivity index (χ4n) is 6.05. The van der Waals surface area contributed by atoms with E-state index in [0.29, 0.717) is 35.4 Å². The van der Waals surface area contributed by atoms with E-state index in [1.165, 1.54) is 23.8 Å². The molecule has 0 spiro atoms. The molecule has 5 rings (SSSR count). The number of urea groups is 1. The lowest BCUT2D eigenvalue weighted by Crippen LogP contribution is -2.46. The lowest BCUT2D eigenvalue weighted by molar-refractivity contribution is -0.121. The van der Waals surface area contributed by atoms with Crippen LogP contribution in [-0.4, -0.2) is 34.9 Å². The number of nitrogens with one attached hydrogen (secondary N) is 3. The van der Waals surface area contributed by atoms with E-state index in [9.17, 15) is 14.4 Å². The summed E-state index contributed by atoms with van der Waals surface area (Å²) >= 11 is 0. The quantitative estimate of drug-likeness (QED) is 0.227. The molecule has 2 aliphatic rings. The second-order valence-electron chi connectivity index (χ2n) is 11.8. The average molecular weight is 596 g/mol. The number of rotatable bonds is 9. The van der Waals surface area contributed by atoms with Gasteiger partial charge >= 0.3 is 6.03 Å². The van der Waals surface area contributed by atoms with E-state index in [4.69, 9.17) is 0 Å². The van der Waals surface area contributed by atoms with Gasteiger partial charge in [-0.1, -0.05) is 38.5 Å². The average Bonchev–Trinajstić information content (AvgIpc) is 3.02. The van der Waals surface area contributed by atoms with Gasteiger partial charge in [-0.25, -0.2) is 9.78 Å². The summed E-state index contributed by atoms with van der Waals surface area (Å²) in [6, 6.07) is 11.0. The normalized spacial score (nSPS) is 18.0. The molecule has 230 valence electrons. The summed E-state index contributed by atoms with van der Waals surface area (Å²) in [5.41, 5.74) is 5.36. The van der Waals surface area contributed by atoms with Crippen molar-refractivity contribution < 1.29 is 14.4 Å². The summed E-state index contributed by atoms with van der Waals surface area (Å²) in [5, 5.41) is 9.07. The van der Waals surface area contributed by atoms with Crippen LogP contribution in [0, 0.1) is 25.7 Å². The van der Waals surface area contributed by atoms with Crippen molar-refractivity contribution in [1.29, 1.82) is 0 Å². The second kappa shape index (κ2) is 13.3. The minimum absolute atomic E-state index is 0.0276. The molecule has 2 aromatic carbocycles. The number of hydrogen-bond acceptors (Lipinski definition) is 6. The van der Waals surface area contributed by atoms with E-state index in [0.717, 1.165) is 54.0 Å². The number of nitrogens with zero attached hydrogens (tertiary/aromatic N) is 4. The van der Waals surface area contributed by atoms with Gasteiger partial charge in [-0.15, -0.1) is 0 Å². The summed E-state index contributed by atoms with van der Waals surface area (Å²) < 4.78 is 0. The molecule has 3 N–H and O–H groups in total. The third-order valence-corrected chi connectivity index (χ3v) is 8.62. The molecule has 1 aromatic heterocycles. The minimum Gasteiger partial charge on any atom is -0.326 e. The van der Waals surface area contributed by atoms with Gasteiger partial charge in [-0.3, -0.25) is 19.4 Å². The van der Waals surface area contributed by atoms with Crippen LogP contribution in [0.1, 0.15) is 62.1 Å². The molecule has 1 saturated carbocycles. The third kappa shape index (κ3) is 6.74. The van der Waals surface area contributed by atoms with Crippen LogP contribution in [0.25, 0.3) is 0 Å². The Labute approximate surface area is 259 Å². The monoisotopic (exact) mass is 595 g/mol. The van der Waals surface area contributed by atoms with Gasteiger partial charge in [-0.2, -0.15) is 4.98 Å². The van der Waals surface area contributed by atoms with E-state index >= 15 is 0 Å². The van der Waals surface area contributed by atoms with Crippen molar-refractivity contribution in [3.05, 3.63) is 71.9 Å². The Kier molecular flexibility index (Phi) is 9.27. The number of anilines is 6. The first-order valence-corrected chi connectivity index (χ1v) is 15.3. The number of aromatic nitrogens is 2. The summed E-state index contributed by atoms with van der Waals surface area (Å²) in [6.07, 6.45) is 9.44. The van der Waals surface area contributed by atoms with Crippen LogP contribution in [0.4, 0.5) is 39.3 Å². The molecular weight excluding hydrogens is 554 g/mol. The highest BCUT2D eigenvalue weighted by Gasteiger charge is 2.32. The largest absolute Gasteiger partial charge is 0.330 e. The highest BCUT2D eigenvalue weighted by molar-refractivity contribution is 6.06. The number of aryl methyl sites for hydroxylation is 2. The Balaban J connectivity index is 1.30. The smallest absolute Gasteiger partial charge is 0.326 e. The Morgan fingerprint density at radius 3 is 2.48 bits per heavy atom. The van der Waals surface area contributed by atoms with Crippen molar-refractivity contribution in [2.75, 3.05) is 32.8 Å². The summed E-state index contributed by atoms with van der Waals surface area (Å²) in [5.74, 6) is 1.36. The third-order valence-electron chi connectivity index (χ3n) is 8.62. The van der Waals surface area contributed by atoms with Crippen LogP contribution < -0.4 is 25.8 Å². The summed E-state index contributed by atoms with van der Waals surface area (Å²) in [6.45, 7) is 9.86. The van der Waals surface area contributed by atoms with Crippen LogP contribution in [-0.2, 0) is 16.1 Å². The second-order valence-corrected chi connectivity index (χ2v) is 11.8. The molecule has 0 radical (unpaired) electrons. The predicted octanol–water partition coefficient (Wildman–Crippen LogP) is 7.08. The van der Waals surface area contributed by atoms with Crippen molar-refractivity contribution in [2.45, 2.75) is 65.8 Å². The number of amides is 4. The zero-order valence-electron chi connectivity index (χ0n) is 25.9. The first-order chi connectivity index (χ1) is 21.2. The number of fused-ring (bicyclic) bond motifs is 1. The van der Waals surface area contributed by atoms with E-state index in [-0.39, 0.29) is 23.8 Å². The van der Waals surface area contributed by atoms with Crippen molar-refractivity contribution in [3.63, 3.8) is 0 Å². The van der Waals surface area contributed by atoms with Crippen LogP contribution in [0.3, 0.4) is 0 Å². The van der Waals surface area contributed by atoms with E-state index in [2.05, 4.69) is 39.4 Å². The predicted molar refractivity (Wildman–Crippen MR) is 175 cm³/mol. The summed E-state index contributed by atoms with van der Waals surface area (Å²) in [7, 11) is 1.69. The van der Waals surface area contributed by atoms with E-state index < -0.39 is 0 Å². The van der Waals surface area contributed by atoms with Crippen LogP contribution >= 0.6 is 0 Å². The van der Waals surface area contributed by atoms with Crippen LogP contribution in [0.15, 0.2) is 55.3 Å². The molecule has 0 saturated heterocycles. The van der Waals surface area contributed by atoms with Gasteiger partial charge < -0.3 is 16.0 Å². The molecule has 0 unspecified atom stereocenters. The SMILES string of the molecule is C=CC(=O)Nc1cc(Nc2ncc3c(n2)N(C)C(=O)N(c2cc(NC(=O)C4CCC(CCC)CC4)ccc2C)C3)ccc1C. The highest BCUT2D eigenvalue weighted by atomic mass is 16.2. The fraction of sp³-hybridized carbons (Fsp3) is 0.382. The Morgan fingerprint density at radius 1 is 1.02 bits per heavy atom. The number of carbonyl (C=O) groups excluding carboxylic acids is 3. The molecule has 10 heteroatoms. The fourth-order valence-corrected chi connectivity index (χ4v) is 6.05. The molecular formula is C34H41N7O3. The first-order valence-electron chi connectivity index (χ1n) is 15.3. The van der Waals surface area contributed by atoms with Crippen molar-refractivity contribution >= 4 is 52.4 Å². The topological polar surface area (TPSA) is 120 Å². The van der Waals surface area contributed by atoms with Gasteiger partial charge in [0, 0.05) is 41.8 Å². The van der Waals surface area contributed by atoms with Crippen molar-refractivity contribution in [2.24, 2.45) is 11.8 Å². The van der Waals surface area contributed by atoms with Crippen LogP contribution in [0.2, 0.25) is 0 Å². The Morgan fingerprint density at radius 2 is 1.75 bits per heavy atom. The van der Waals surface area contributed by atoms with E-state index in [1.54, 1.807) is 24.2 Å². The molecule has 0 bridgehead atoms. The molecule has 2 heterocycles. The van der Waals surface area contributed by atoms with Gasteiger partial charge in [0.2, 0.25) is 17.8 Å². The van der Waals surface area contributed by atoms with E-state index in [1.807, 2.05) is 44.2 Å². The zero-order chi connectivity index (χ0) is 31.4. The minimum atomic E-state index is -0.298. The lowest BCUT2D eigenvalue weighted by atomic mass is 9.80. The van der Waals surface area contributed by atoms with Crippen molar-refractivity contribution in [1.82, 2.24) is 9.97 Å². The van der Waals surface area contributed by atoms with Gasteiger partial charge in [0.15, 0.2) is 0 Å². The van der Waals surface area contributed by atoms with Gasteiger partial charge in [-0.05, 0) is 86.9 Å². The molecule has 1 fully saturated rings. The standard InChI is InChI=1S/C34H41N7O3/c1-6-8-23-11-13-24(14-12-23)32(43)36-27-16-10-22(4)29(18-27)41-20-25-19-35-33(39-31(25)40(5)34(41)44)37-26-15-9-21(3)28(17-26)38-30(42)7-2/h7,9-10,15-19,23-24H,2,6,8,11-14,20H2,1,3-5H3,(H,36,43)(H,38,42)(H,35,37,39). The van der Waals surface area contributed by atoms with Gasteiger partial charge in [0.05, 0.1) is 12.2 Å². The Bertz CT molecular complexity index is 1580. The molecule has 4 amide bonds. The van der Waals surface area contributed by atoms with Gasteiger partial charge in [0.25, 0.3) is 0 Å². The lowest BCUT2D eigenvalue weighted by Gasteiger charge is -2.35. The molecule has 44 heavy (non-hydrogen) atoms. The molecule has 3 aromatic rings. The van der Waals surface area contributed by atoms with Crippen LogP contribution in [0.5, 0.6) is 0 Å². The maximum absolute atomic E-state index is 13.6. The maximum atomic E-state index is 13.6. The molecule has 10 nitrogen and oxygen atoms in total.